The van der Waals surface area contributed by atoms with Crippen molar-refractivity contribution in [3.63, 3.8) is 0 Å². The Morgan fingerprint density at radius 1 is 0.958 bits per heavy atom. The summed E-state index contributed by atoms with van der Waals surface area (Å²) in [5.74, 6) is 0. The molecule has 4 heteroatoms. The molecular weight excluding hydrogens is 320 g/mol. The molecule has 0 saturated heterocycles. The van der Waals surface area contributed by atoms with Crippen molar-refractivity contribution < 1.29 is 4.74 Å². The first-order valence-corrected chi connectivity index (χ1v) is 7.96. The second kappa shape index (κ2) is 7.86. The lowest BCUT2D eigenvalue weighted by Gasteiger charge is -2.12. The smallest absolute Gasteiger partial charge is 0.115 e. The average molecular weight is 337 g/mol. The second-order valence-electron chi connectivity index (χ2n) is 5.38. The summed E-state index contributed by atoms with van der Waals surface area (Å²) in [5, 5.41) is 0.493. The van der Waals surface area contributed by atoms with Crippen LogP contribution in [0.5, 0.6) is 0 Å². The van der Waals surface area contributed by atoms with E-state index in [1.807, 2.05) is 30.6 Å². The van der Waals surface area contributed by atoms with E-state index < -0.39 is 0 Å². The fraction of sp³-hybridized carbons (Fsp3) is 0.100. The lowest BCUT2D eigenvalue weighted by Crippen LogP contribution is -1.96. The van der Waals surface area contributed by atoms with Gasteiger partial charge in [0, 0.05) is 23.0 Å². The van der Waals surface area contributed by atoms with Crippen LogP contribution in [0, 0.1) is 0 Å². The van der Waals surface area contributed by atoms with Gasteiger partial charge in [-0.2, -0.15) is 0 Å². The minimum Gasteiger partial charge on any atom is -0.371 e. The van der Waals surface area contributed by atoms with Crippen LogP contribution in [0.15, 0.2) is 78.9 Å². The van der Waals surface area contributed by atoms with Crippen molar-refractivity contribution in [2.24, 2.45) is 0 Å². The van der Waals surface area contributed by atoms with Crippen LogP contribution in [0.25, 0.3) is 22.3 Å². The molecule has 1 aromatic heterocycles. The Morgan fingerprint density at radius 2 is 1.71 bits per heavy atom. The topological polar surface area (TPSA) is 35.0 Å². The fourth-order valence-electron chi connectivity index (χ4n) is 2.51. The van der Waals surface area contributed by atoms with E-state index in [4.69, 9.17) is 16.3 Å². The molecule has 0 atom stereocenters. The number of halogens is 1. The summed E-state index contributed by atoms with van der Waals surface area (Å²) < 4.78 is 5.55. The van der Waals surface area contributed by atoms with Gasteiger partial charge in [0.25, 0.3) is 0 Å². The lowest BCUT2D eigenvalue weighted by atomic mass is 9.94. The number of hydrogen-bond acceptors (Lipinski definition) is 3. The molecule has 0 N–H and O–H groups in total. The maximum Gasteiger partial charge on any atom is 0.115 e. The first-order valence-electron chi connectivity index (χ1n) is 7.59. The molecule has 0 aliphatic carbocycles. The molecule has 3 rings (SSSR count). The van der Waals surface area contributed by atoms with Gasteiger partial charge in [0.15, 0.2) is 0 Å². The average Bonchev–Trinajstić information content (AvgIpc) is 2.63. The van der Waals surface area contributed by atoms with Gasteiger partial charge in [-0.1, -0.05) is 60.6 Å². The van der Waals surface area contributed by atoms with Gasteiger partial charge in [-0.25, -0.2) is 9.97 Å². The summed E-state index contributed by atoms with van der Waals surface area (Å²) in [5.41, 5.74) is 5.40. The minimum absolute atomic E-state index is 0.339. The highest BCUT2D eigenvalue weighted by Gasteiger charge is 2.09. The second-order valence-corrected chi connectivity index (χ2v) is 5.92. The third-order valence-electron chi connectivity index (χ3n) is 3.57. The van der Waals surface area contributed by atoms with Crippen LogP contribution in [0.2, 0.25) is 0 Å². The summed E-state index contributed by atoms with van der Waals surface area (Å²) >= 11 is 5.74. The Kier molecular flexibility index (Phi) is 5.36. The highest BCUT2D eigenvalue weighted by atomic mass is 35.5. The van der Waals surface area contributed by atoms with Crippen LogP contribution in [-0.2, 0) is 11.3 Å². The molecule has 3 aromatic rings. The van der Waals surface area contributed by atoms with Gasteiger partial charge in [0.1, 0.15) is 6.33 Å². The molecule has 120 valence electrons. The minimum atomic E-state index is 0.339. The summed E-state index contributed by atoms with van der Waals surface area (Å²) in [6, 6.07) is 16.5. The Labute approximate surface area is 146 Å². The van der Waals surface area contributed by atoms with E-state index in [1.54, 1.807) is 0 Å². The predicted molar refractivity (Wildman–Crippen MR) is 97.6 cm³/mol. The van der Waals surface area contributed by atoms with Gasteiger partial charge in [-0.3, -0.25) is 0 Å². The Hall–Kier alpha value is -2.49. The molecule has 0 spiro atoms. The molecule has 0 unspecified atom stereocenters. The first kappa shape index (κ1) is 16.4. The fourth-order valence-corrected chi connectivity index (χ4v) is 2.58. The van der Waals surface area contributed by atoms with E-state index in [0.29, 0.717) is 18.2 Å². The van der Waals surface area contributed by atoms with Crippen molar-refractivity contribution in [2.75, 3.05) is 6.61 Å². The van der Waals surface area contributed by atoms with Gasteiger partial charge >= 0.3 is 0 Å². The number of benzene rings is 2. The van der Waals surface area contributed by atoms with Crippen molar-refractivity contribution >= 4 is 11.6 Å². The van der Waals surface area contributed by atoms with E-state index >= 15 is 0 Å². The quantitative estimate of drug-likeness (QED) is 0.629. The van der Waals surface area contributed by atoms with Crippen molar-refractivity contribution in [2.45, 2.75) is 6.61 Å². The molecular formula is C20H17ClN2O. The predicted octanol–water partition coefficient (Wildman–Crippen LogP) is 5.08. The molecule has 0 aliphatic heterocycles. The van der Waals surface area contributed by atoms with Crippen LogP contribution >= 0.6 is 11.6 Å². The largest absolute Gasteiger partial charge is 0.371 e. The zero-order chi connectivity index (χ0) is 16.8. The Bertz CT molecular complexity index is 820. The van der Waals surface area contributed by atoms with Gasteiger partial charge < -0.3 is 4.74 Å². The van der Waals surface area contributed by atoms with E-state index in [1.165, 1.54) is 6.33 Å². The Balaban J connectivity index is 1.98. The van der Waals surface area contributed by atoms with Crippen LogP contribution in [-0.4, -0.2) is 16.6 Å². The van der Waals surface area contributed by atoms with Crippen LogP contribution < -0.4 is 0 Å². The van der Waals surface area contributed by atoms with Crippen molar-refractivity contribution in [3.8, 4) is 22.3 Å². The molecule has 0 amide bonds. The van der Waals surface area contributed by atoms with Gasteiger partial charge in [0.2, 0.25) is 0 Å². The zero-order valence-electron chi connectivity index (χ0n) is 13.2. The van der Waals surface area contributed by atoms with Gasteiger partial charge in [-0.05, 0) is 28.3 Å². The number of nitrogens with zero attached hydrogens (tertiary/aromatic N) is 2. The lowest BCUT2D eigenvalue weighted by molar-refractivity contribution is 0.146. The summed E-state index contributed by atoms with van der Waals surface area (Å²) in [7, 11) is 0. The van der Waals surface area contributed by atoms with Crippen molar-refractivity contribution in [3.05, 3.63) is 84.4 Å². The number of ether oxygens (including phenoxy) is 1. The third kappa shape index (κ3) is 4.07. The summed E-state index contributed by atoms with van der Waals surface area (Å²) in [6.45, 7) is 4.44. The first-order chi connectivity index (χ1) is 11.7. The highest BCUT2D eigenvalue weighted by Crippen LogP contribution is 2.32. The number of aromatic nitrogens is 2. The van der Waals surface area contributed by atoms with Crippen LogP contribution in [0.4, 0.5) is 0 Å². The third-order valence-corrected chi connectivity index (χ3v) is 3.68. The van der Waals surface area contributed by atoms with E-state index in [9.17, 15) is 0 Å². The van der Waals surface area contributed by atoms with Crippen LogP contribution in [0.3, 0.4) is 0 Å². The molecule has 0 radical (unpaired) electrons. The van der Waals surface area contributed by atoms with E-state index in [2.05, 4.69) is 46.9 Å². The molecule has 0 saturated carbocycles. The summed E-state index contributed by atoms with van der Waals surface area (Å²) in [4.78, 5) is 8.28. The molecule has 24 heavy (non-hydrogen) atoms. The Morgan fingerprint density at radius 3 is 2.42 bits per heavy atom. The molecule has 2 aromatic carbocycles. The van der Waals surface area contributed by atoms with Gasteiger partial charge in [-0.15, -0.1) is 0 Å². The molecule has 1 heterocycles. The van der Waals surface area contributed by atoms with Gasteiger partial charge in [0.05, 0.1) is 13.2 Å². The van der Waals surface area contributed by atoms with E-state index in [0.717, 1.165) is 27.8 Å². The summed E-state index contributed by atoms with van der Waals surface area (Å²) in [6.07, 6.45) is 5.17. The molecule has 0 aliphatic rings. The van der Waals surface area contributed by atoms with E-state index in [-0.39, 0.29) is 0 Å². The SMILES string of the molecule is C=C(Cl)COCc1ccc(-c2ccccc2)c(-c2cncnc2)c1. The maximum absolute atomic E-state index is 5.74. The van der Waals surface area contributed by atoms with Crippen molar-refractivity contribution in [1.82, 2.24) is 9.97 Å². The maximum atomic E-state index is 5.74. The molecule has 3 nitrogen and oxygen atoms in total. The monoisotopic (exact) mass is 336 g/mol. The highest BCUT2D eigenvalue weighted by molar-refractivity contribution is 6.29. The molecule has 0 bridgehead atoms. The van der Waals surface area contributed by atoms with Crippen molar-refractivity contribution in [1.29, 1.82) is 0 Å². The normalized spacial score (nSPS) is 10.5. The molecule has 0 fully saturated rings. The number of rotatable bonds is 6. The standard InChI is InChI=1S/C20H17ClN2O/c1-15(21)12-24-13-16-7-8-19(17-5-3-2-4-6-17)20(9-16)18-10-22-14-23-11-18/h2-11,14H,1,12-13H2. The van der Waals surface area contributed by atoms with Crippen LogP contribution in [0.1, 0.15) is 5.56 Å². The number of hydrogen-bond donors (Lipinski definition) is 0. The zero-order valence-corrected chi connectivity index (χ0v) is 13.9.